The molecule has 4 rings (SSSR count). The van der Waals surface area contributed by atoms with Crippen molar-refractivity contribution in [1.82, 2.24) is 9.55 Å². The summed E-state index contributed by atoms with van der Waals surface area (Å²) in [7, 11) is 0. The summed E-state index contributed by atoms with van der Waals surface area (Å²) >= 11 is 13.8. The molecule has 150 valence electrons. The smallest absolute Gasteiger partial charge is 0.331 e. The molecule has 0 amide bonds. The Morgan fingerprint density at radius 2 is 1.83 bits per heavy atom. The Morgan fingerprint density at radius 3 is 2.55 bits per heavy atom. The molecule has 5 nitrogen and oxygen atoms in total. The first-order valence-electron chi connectivity index (χ1n) is 9.15. The van der Waals surface area contributed by atoms with Gasteiger partial charge in [-0.3, -0.25) is 14.3 Å². The summed E-state index contributed by atoms with van der Waals surface area (Å²) in [5.74, 6) is 0.139. The summed E-state index contributed by atoms with van der Waals surface area (Å²) in [5, 5.41) is 1.37. The molecule has 1 aliphatic carbocycles. The van der Waals surface area contributed by atoms with Gasteiger partial charge in [-0.1, -0.05) is 71.4 Å². The third kappa shape index (κ3) is 4.61. The summed E-state index contributed by atoms with van der Waals surface area (Å²) in [6, 6.07) is 15.0. The summed E-state index contributed by atoms with van der Waals surface area (Å²) in [6.07, 6.45) is 1.84. The Labute approximate surface area is 181 Å². The van der Waals surface area contributed by atoms with Gasteiger partial charge in [-0.2, -0.15) is 0 Å². The molecule has 3 aromatic rings. The van der Waals surface area contributed by atoms with Gasteiger partial charge in [0.1, 0.15) is 6.73 Å². The van der Waals surface area contributed by atoms with Crippen LogP contribution in [0.25, 0.3) is 0 Å². The second-order valence-corrected chi connectivity index (χ2v) is 8.61. The quantitative estimate of drug-likeness (QED) is 0.513. The number of hydrogen-bond acceptors (Lipinski definition) is 4. The molecular formula is C21H18Cl2N2O3S. The van der Waals surface area contributed by atoms with Crippen molar-refractivity contribution in [2.75, 3.05) is 0 Å². The van der Waals surface area contributed by atoms with Gasteiger partial charge in [-0.05, 0) is 36.5 Å². The molecule has 0 radical (unpaired) electrons. The molecule has 1 fully saturated rings. The maximum absolute atomic E-state index is 12.6. The maximum atomic E-state index is 12.6. The highest BCUT2D eigenvalue weighted by Gasteiger charge is 2.32. The predicted octanol–water partition coefficient (Wildman–Crippen LogP) is 5.05. The van der Waals surface area contributed by atoms with E-state index in [0.29, 0.717) is 32.1 Å². The Morgan fingerprint density at radius 1 is 1.07 bits per heavy atom. The average molecular weight is 449 g/mol. The van der Waals surface area contributed by atoms with Crippen LogP contribution in [0.15, 0.2) is 68.0 Å². The fourth-order valence-electron chi connectivity index (χ4n) is 3.02. The minimum absolute atomic E-state index is 0.0186. The van der Waals surface area contributed by atoms with E-state index < -0.39 is 5.69 Å². The van der Waals surface area contributed by atoms with E-state index in [4.69, 9.17) is 27.9 Å². The molecule has 0 saturated heterocycles. The second kappa shape index (κ2) is 8.79. The van der Waals surface area contributed by atoms with E-state index in [-0.39, 0.29) is 18.2 Å². The number of halogens is 2. The normalized spacial score (nSPS) is 13.6. The van der Waals surface area contributed by atoms with E-state index in [9.17, 15) is 9.59 Å². The monoisotopic (exact) mass is 448 g/mol. The maximum Gasteiger partial charge on any atom is 0.331 e. The van der Waals surface area contributed by atoms with Gasteiger partial charge in [0.15, 0.2) is 0 Å². The van der Waals surface area contributed by atoms with Crippen molar-refractivity contribution >= 4 is 35.0 Å². The third-order valence-corrected chi connectivity index (χ3v) is 6.75. The van der Waals surface area contributed by atoms with Crippen LogP contribution in [0, 0.1) is 0 Å². The largest absolute Gasteiger partial charge is 0.356 e. The molecule has 0 atom stereocenters. The number of hydrogen-bond donors (Lipinski definition) is 1. The first-order valence-corrected chi connectivity index (χ1v) is 10.7. The number of rotatable bonds is 7. The first kappa shape index (κ1) is 20.3. The second-order valence-electron chi connectivity index (χ2n) is 6.80. The van der Waals surface area contributed by atoms with E-state index >= 15 is 0 Å². The van der Waals surface area contributed by atoms with Crippen molar-refractivity contribution in [1.29, 1.82) is 0 Å². The number of aromatic amines is 1. The van der Waals surface area contributed by atoms with Crippen LogP contribution in [0.5, 0.6) is 0 Å². The van der Waals surface area contributed by atoms with E-state index in [1.807, 2.05) is 36.4 Å². The molecule has 8 heteroatoms. The highest BCUT2D eigenvalue weighted by molar-refractivity contribution is 7.99. The topological polar surface area (TPSA) is 64.1 Å². The number of ether oxygens (including phenoxy) is 1. The van der Waals surface area contributed by atoms with Crippen LogP contribution >= 0.6 is 35.0 Å². The Bertz CT molecular complexity index is 1140. The van der Waals surface area contributed by atoms with Crippen LogP contribution in [0.1, 0.15) is 29.9 Å². The van der Waals surface area contributed by atoms with Gasteiger partial charge < -0.3 is 4.74 Å². The van der Waals surface area contributed by atoms with Crippen molar-refractivity contribution in [2.24, 2.45) is 0 Å². The van der Waals surface area contributed by atoms with Crippen LogP contribution < -0.4 is 11.2 Å². The number of benzene rings is 2. The van der Waals surface area contributed by atoms with Crippen molar-refractivity contribution < 1.29 is 4.74 Å². The zero-order chi connectivity index (χ0) is 20.4. The van der Waals surface area contributed by atoms with Gasteiger partial charge in [-0.15, -0.1) is 0 Å². The lowest BCUT2D eigenvalue weighted by atomic mass is 10.2. The number of nitrogens with zero attached hydrogens (tertiary/aromatic N) is 1. The van der Waals surface area contributed by atoms with E-state index in [2.05, 4.69) is 4.98 Å². The summed E-state index contributed by atoms with van der Waals surface area (Å²) in [6.45, 7) is 0.373. The van der Waals surface area contributed by atoms with Gasteiger partial charge in [0.2, 0.25) is 0 Å². The molecule has 2 aromatic carbocycles. The van der Waals surface area contributed by atoms with Gasteiger partial charge in [-0.25, -0.2) is 4.79 Å². The summed E-state index contributed by atoms with van der Waals surface area (Å²) in [4.78, 5) is 28.3. The standard InChI is InChI=1S/C21H18Cl2N2O3S/c22-15-7-4-8-16(18(15)23)29-20-17(14-9-10-14)19(26)24-21(27)25(20)12-28-11-13-5-2-1-3-6-13/h1-8,14H,9-12H2,(H,24,26,27). The van der Waals surface area contributed by atoms with Crippen molar-refractivity contribution in [2.45, 2.75) is 42.0 Å². The molecule has 0 spiro atoms. The molecule has 1 N–H and O–H groups in total. The van der Waals surface area contributed by atoms with E-state index in [1.54, 1.807) is 12.1 Å². The predicted molar refractivity (Wildman–Crippen MR) is 115 cm³/mol. The minimum atomic E-state index is -0.506. The van der Waals surface area contributed by atoms with Crippen LogP contribution in [-0.4, -0.2) is 9.55 Å². The molecule has 1 aliphatic rings. The Hall–Kier alpha value is -1.99. The van der Waals surface area contributed by atoms with Gasteiger partial charge in [0, 0.05) is 4.90 Å². The Kier molecular flexibility index (Phi) is 6.15. The van der Waals surface area contributed by atoms with Crippen molar-refractivity contribution in [3.8, 4) is 0 Å². The molecular weight excluding hydrogens is 431 g/mol. The van der Waals surface area contributed by atoms with Gasteiger partial charge in [0.05, 0.1) is 27.2 Å². The molecule has 1 heterocycles. The Balaban J connectivity index is 1.69. The van der Waals surface area contributed by atoms with Crippen LogP contribution in [0.4, 0.5) is 0 Å². The number of aromatic nitrogens is 2. The van der Waals surface area contributed by atoms with E-state index in [1.165, 1.54) is 16.3 Å². The highest BCUT2D eigenvalue weighted by Crippen LogP contribution is 2.45. The first-order chi connectivity index (χ1) is 14.0. The van der Waals surface area contributed by atoms with Gasteiger partial charge in [0.25, 0.3) is 5.56 Å². The molecule has 0 aliphatic heterocycles. The SMILES string of the molecule is O=c1[nH]c(=O)n(COCc2ccccc2)c(Sc2cccc(Cl)c2Cl)c1C1CC1. The molecule has 0 unspecified atom stereocenters. The summed E-state index contributed by atoms with van der Waals surface area (Å²) in [5.41, 5.74) is 0.749. The van der Waals surface area contributed by atoms with Crippen molar-refractivity contribution in [3.05, 3.63) is 90.5 Å². The zero-order valence-electron chi connectivity index (χ0n) is 15.4. The van der Waals surface area contributed by atoms with Crippen LogP contribution in [0.3, 0.4) is 0 Å². The average Bonchev–Trinajstić information content (AvgIpc) is 3.53. The lowest BCUT2D eigenvalue weighted by Crippen LogP contribution is -2.34. The number of nitrogens with one attached hydrogen (secondary N) is 1. The zero-order valence-corrected chi connectivity index (χ0v) is 17.7. The van der Waals surface area contributed by atoms with Crippen LogP contribution in [0.2, 0.25) is 10.0 Å². The fourth-order valence-corrected chi connectivity index (χ4v) is 4.66. The van der Waals surface area contributed by atoms with E-state index in [0.717, 1.165) is 18.4 Å². The number of H-pyrrole nitrogens is 1. The van der Waals surface area contributed by atoms with Crippen molar-refractivity contribution in [3.63, 3.8) is 0 Å². The molecule has 29 heavy (non-hydrogen) atoms. The van der Waals surface area contributed by atoms with Crippen LogP contribution in [-0.2, 0) is 18.1 Å². The minimum Gasteiger partial charge on any atom is -0.356 e. The molecule has 1 aromatic heterocycles. The fraction of sp³-hybridized carbons (Fsp3) is 0.238. The highest BCUT2D eigenvalue weighted by atomic mass is 35.5. The molecule has 0 bridgehead atoms. The third-order valence-electron chi connectivity index (χ3n) is 4.63. The molecule has 1 saturated carbocycles. The lowest BCUT2D eigenvalue weighted by molar-refractivity contribution is 0.0550. The lowest BCUT2D eigenvalue weighted by Gasteiger charge is -2.16. The summed E-state index contributed by atoms with van der Waals surface area (Å²) < 4.78 is 7.24. The van der Waals surface area contributed by atoms with Gasteiger partial charge >= 0.3 is 5.69 Å².